The van der Waals surface area contributed by atoms with Crippen molar-refractivity contribution in [3.05, 3.63) is 46.1 Å². The molecule has 0 aliphatic carbocycles. The topological polar surface area (TPSA) is 37.8 Å². The Morgan fingerprint density at radius 3 is 2.84 bits per heavy atom. The van der Waals surface area contributed by atoms with Crippen LogP contribution in [0, 0.1) is 13.8 Å². The van der Waals surface area contributed by atoms with Gasteiger partial charge >= 0.3 is 0 Å². The number of hydrogen-bond donors (Lipinski definition) is 1. The van der Waals surface area contributed by atoms with Crippen LogP contribution in [-0.4, -0.2) is 9.97 Å². The summed E-state index contributed by atoms with van der Waals surface area (Å²) in [6.45, 7) is 4.20. The number of anilines is 2. The molecule has 1 N–H and O–H groups in total. The summed E-state index contributed by atoms with van der Waals surface area (Å²) in [7, 11) is 0. The van der Waals surface area contributed by atoms with Gasteiger partial charge in [-0.1, -0.05) is 17.7 Å². The van der Waals surface area contributed by atoms with E-state index in [1.165, 1.54) is 10.4 Å². The summed E-state index contributed by atoms with van der Waals surface area (Å²) >= 11 is 7.68. The second kappa shape index (κ2) is 4.79. The smallest absolute Gasteiger partial charge is 0.142 e. The van der Waals surface area contributed by atoms with E-state index in [1.54, 1.807) is 17.7 Å². The quantitative estimate of drug-likeness (QED) is 0.743. The zero-order valence-electron chi connectivity index (χ0n) is 10.6. The van der Waals surface area contributed by atoms with Gasteiger partial charge in [0.05, 0.1) is 5.39 Å². The van der Waals surface area contributed by atoms with Crippen LogP contribution in [0.25, 0.3) is 10.2 Å². The van der Waals surface area contributed by atoms with Crippen LogP contribution in [-0.2, 0) is 0 Å². The maximum Gasteiger partial charge on any atom is 0.142 e. The van der Waals surface area contributed by atoms with Gasteiger partial charge in [0, 0.05) is 15.6 Å². The third-order valence-electron chi connectivity index (χ3n) is 3.05. The first-order valence-electron chi connectivity index (χ1n) is 5.88. The number of halogens is 1. The molecule has 1 aromatic carbocycles. The summed E-state index contributed by atoms with van der Waals surface area (Å²) in [5, 5.41) is 5.10. The largest absolute Gasteiger partial charge is 0.340 e. The average Bonchev–Trinajstić information content (AvgIpc) is 2.66. The van der Waals surface area contributed by atoms with Crippen molar-refractivity contribution >= 4 is 44.7 Å². The second-order valence-electron chi connectivity index (χ2n) is 4.32. The Labute approximate surface area is 120 Å². The summed E-state index contributed by atoms with van der Waals surface area (Å²) in [4.78, 5) is 10.9. The van der Waals surface area contributed by atoms with Crippen LogP contribution in [0.4, 0.5) is 11.5 Å². The number of aromatic nitrogens is 2. The van der Waals surface area contributed by atoms with E-state index >= 15 is 0 Å². The van der Waals surface area contributed by atoms with E-state index in [2.05, 4.69) is 29.1 Å². The number of fused-ring (bicyclic) bond motifs is 1. The Kier molecular flexibility index (Phi) is 3.12. The zero-order chi connectivity index (χ0) is 13.4. The van der Waals surface area contributed by atoms with Crippen LogP contribution >= 0.6 is 22.9 Å². The molecular weight excluding hydrogens is 278 g/mol. The van der Waals surface area contributed by atoms with Crippen LogP contribution < -0.4 is 5.32 Å². The summed E-state index contributed by atoms with van der Waals surface area (Å²) < 4.78 is 0. The monoisotopic (exact) mass is 289 g/mol. The minimum atomic E-state index is 0.702. The molecule has 0 saturated carbocycles. The lowest BCUT2D eigenvalue weighted by Crippen LogP contribution is -1.95. The first-order valence-corrected chi connectivity index (χ1v) is 7.08. The lowest BCUT2D eigenvalue weighted by atomic mass is 10.2. The van der Waals surface area contributed by atoms with Gasteiger partial charge in [-0.3, -0.25) is 0 Å². The Morgan fingerprint density at radius 1 is 1.21 bits per heavy atom. The number of rotatable bonds is 2. The highest BCUT2D eigenvalue weighted by molar-refractivity contribution is 7.18. The van der Waals surface area contributed by atoms with Crippen molar-refractivity contribution in [2.24, 2.45) is 0 Å². The Bertz CT molecular complexity index is 752. The van der Waals surface area contributed by atoms with E-state index in [0.717, 1.165) is 21.7 Å². The first-order chi connectivity index (χ1) is 9.15. The summed E-state index contributed by atoms with van der Waals surface area (Å²) in [5.74, 6) is 0.828. The van der Waals surface area contributed by atoms with Gasteiger partial charge in [0.1, 0.15) is 17.0 Å². The third-order valence-corrected chi connectivity index (χ3v) is 4.40. The van der Waals surface area contributed by atoms with Crippen molar-refractivity contribution in [3.63, 3.8) is 0 Å². The van der Waals surface area contributed by atoms with Crippen LogP contribution in [0.5, 0.6) is 0 Å². The lowest BCUT2D eigenvalue weighted by molar-refractivity contribution is 1.22. The number of nitrogens with one attached hydrogen (secondary N) is 1. The predicted molar refractivity (Wildman–Crippen MR) is 81.6 cm³/mol. The van der Waals surface area contributed by atoms with E-state index in [0.29, 0.717) is 5.02 Å². The average molecular weight is 290 g/mol. The van der Waals surface area contributed by atoms with Gasteiger partial charge in [-0.2, -0.15) is 0 Å². The van der Waals surface area contributed by atoms with Gasteiger partial charge in [0.15, 0.2) is 0 Å². The molecule has 0 spiro atoms. The van der Waals surface area contributed by atoms with Gasteiger partial charge < -0.3 is 5.32 Å². The number of nitrogens with zero attached hydrogens (tertiary/aromatic N) is 2. The Balaban J connectivity index is 2.10. The fourth-order valence-corrected chi connectivity index (χ4v) is 3.17. The standard InChI is InChI=1S/C14H12ClN3S/c1-8-9(2)19-14-12(8)13(16-7-17-14)18-11-5-3-4-10(15)6-11/h3-7H,1-2H3,(H,16,17,18). The van der Waals surface area contributed by atoms with E-state index in [9.17, 15) is 0 Å². The van der Waals surface area contributed by atoms with Gasteiger partial charge in [-0.25, -0.2) is 9.97 Å². The van der Waals surface area contributed by atoms with E-state index in [1.807, 2.05) is 24.3 Å². The molecule has 0 fully saturated rings. The highest BCUT2D eigenvalue weighted by atomic mass is 35.5. The third kappa shape index (κ3) is 2.29. The Hall–Kier alpha value is -1.65. The molecule has 0 atom stereocenters. The molecule has 3 rings (SSSR count). The molecule has 0 amide bonds. The molecule has 0 radical (unpaired) electrons. The molecule has 0 aliphatic rings. The van der Waals surface area contributed by atoms with E-state index in [-0.39, 0.29) is 0 Å². The van der Waals surface area contributed by atoms with E-state index in [4.69, 9.17) is 11.6 Å². The highest BCUT2D eigenvalue weighted by Gasteiger charge is 2.11. The zero-order valence-corrected chi connectivity index (χ0v) is 12.1. The predicted octanol–water partition coefficient (Wildman–Crippen LogP) is 4.71. The molecule has 3 aromatic rings. The number of benzene rings is 1. The molecule has 0 aliphatic heterocycles. The Morgan fingerprint density at radius 2 is 2.05 bits per heavy atom. The molecule has 0 unspecified atom stereocenters. The fraction of sp³-hybridized carbons (Fsp3) is 0.143. The minimum Gasteiger partial charge on any atom is -0.340 e. The molecule has 0 saturated heterocycles. The van der Waals surface area contributed by atoms with Crippen LogP contribution in [0.3, 0.4) is 0 Å². The minimum absolute atomic E-state index is 0.702. The van der Waals surface area contributed by atoms with Crippen molar-refractivity contribution in [2.45, 2.75) is 13.8 Å². The molecule has 3 nitrogen and oxygen atoms in total. The van der Waals surface area contributed by atoms with Crippen LogP contribution in [0.2, 0.25) is 5.02 Å². The number of aryl methyl sites for hydroxylation is 2. The normalized spacial score (nSPS) is 10.9. The van der Waals surface area contributed by atoms with Gasteiger partial charge in [0.25, 0.3) is 0 Å². The molecular formula is C14H12ClN3S. The molecule has 5 heteroatoms. The van der Waals surface area contributed by atoms with Gasteiger partial charge in [0.2, 0.25) is 0 Å². The molecule has 96 valence electrons. The maximum atomic E-state index is 5.99. The fourth-order valence-electron chi connectivity index (χ4n) is 1.98. The van der Waals surface area contributed by atoms with Crippen molar-refractivity contribution in [2.75, 3.05) is 5.32 Å². The molecule has 19 heavy (non-hydrogen) atoms. The molecule has 2 heterocycles. The van der Waals surface area contributed by atoms with Crippen molar-refractivity contribution < 1.29 is 0 Å². The number of thiophene rings is 1. The number of hydrogen-bond acceptors (Lipinski definition) is 4. The van der Waals surface area contributed by atoms with Crippen LogP contribution in [0.1, 0.15) is 10.4 Å². The lowest BCUT2D eigenvalue weighted by Gasteiger charge is -2.07. The van der Waals surface area contributed by atoms with E-state index < -0.39 is 0 Å². The second-order valence-corrected chi connectivity index (χ2v) is 5.96. The summed E-state index contributed by atoms with van der Waals surface area (Å²) in [6.07, 6.45) is 1.59. The van der Waals surface area contributed by atoms with Crippen molar-refractivity contribution in [3.8, 4) is 0 Å². The van der Waals surface area contributed by atoms with Gasteiger partial charge in [-0.05, 0) is 37.6 Å². The molecule has 2 aromatic heterocycles. The molecule has 0 bridgehead atoms. The SMILES string of the molecule is Cc1sc2ncnc(Nc3cccc(Cl)c3)c2c1C. The van der Waals surface area contributed by atoms with Gasteiger partial charge in [-0.15, -0.1) is 11.3 Å². The summed E-state index contributed by atoms with van der Waals surface area (Å²) in [5.41, 5.74) is 2.15. The summed E-state index contributed by atoms with van der Waals surface area (Å²) in [6, 6.07) is 7.61. The highest BCUT2D eigenvalue weighted by Crippen LogP contribution is 2.33. The first kappa shape index (κ1) is 12.4. The van der Waals surface area contributed by atoms with Crippen LogP contribution in [0.15, 0.2) is 30.6 Å². The van der Waals surface area contributed by atoms with Crippen molar-refractivity contribution in [1.29, 1.82) is 0 Å². The maximum absolute atomic E-state index is 5.99. The van der Waals surface area contributed by atoms with Crippen molar-refractivity contribution in [1.82, 2.24) is 9.97 Å².